The zero-order chi connectivity index (χ0) is 10.1. The Kier molecular flexibility index (Phi) is 2.90. The van der Waals surface area contributed by atoms with Crippen LogP contribution < -0.4 is 0 Å². The maximum absolute atomic E-state index is 9.60. The first-order chi connectivity index (χ1) is 6.04. The van der Waals surface area contributed by atoms with Crippen LogP contribution in [0.5, 0.6) is 0 Å². The molecule has 0 heterocycles. The average Bonchev–Trinajstić information content (AvgIpc) is 2.83. The zero-order valence-electron chi connectivity index (χ0n) is 7.46. The van der Waals surface area contributed by atoms with Crippen molar-refractivity contribution in [3.8, 4) is 0 Å². The highest BCUT2D eigenvalue weighted by atomic mass is 16.4. The lowest BCUT2D eigenvalue weighted by Gasteiger charge is -2.26. The van der Waals surface area contributed by atoms with Gasteiger partial charge >= 0.3 is 0 Å². The monoisotopic (exact) mass is 189 g/mol. The molecule has 0 radical (unpaired) electrons. The van der Waals surface area contributed by atoms with Crippen LogP contribution in [-0.2, 0) is 0 Å². The molecule has 1 fully saturated rings. The number of hydrogen-bond acceptors (Lipinski definition) is 5. The van der Waals surface area contributed by atoms with Crippen molar-refractivity contribution in [2.24, 2.45) is 10.6 Å². The van der Waals surface area contributed by atoms with Crippen molar-refractivity contribution >= 4 is 6.21 Å². The lowest BCUT2D eigenvalue weighted by molar-refractivity contribution is -0.0424. The normalized spacial score (nSPS) is 27.1. The lowest BCUT2D eigenvalue weighted by Crippen LogP contribution is -2.41. The molecule has 0 aromatic heterocycles. The van der Waals surface area contributed by atoms with Gasteiger partial charge in [0.05, 0.1) is 18.4 Å². The molecule has 1 aliphatic rings. The smallest absolute Gasteiger partial charge is 0.119 e. The molecule has 3 atom stereocenters. The minimum Gasteiger partial charge on any atom is -0.411 e. The van der Waals surface area contributed by atoms with Crippen LogP contribution in [0, 0.1) is 5.41 Å². The Morgan fingerprint density at radius 2 is 1.85 bits per heavy atom. The van der Waals surface area contributed by atoms with E-state index in [1.54, 1.807) is 6.92 Å². The van der Waals surface area contributed by atoms with E-state index in [2.05, 4.69) is 5.16 Å². The number of aliphatic hydroxyl groups excluding tert-OH is 3. The molecular weight excluding hydrogens is 174 g/mol. The maximum atomic E-state index is 9.60. The molecule has 4 N–H and O–H groups in total. The first-order valence-electron chi connectivity index (χ1n) is 4.26. The molecule has 0 saturated heterocycles. The van der Waals surface area contributed by atoms with Gasteiger partial charge in [-0.2, -0.15) is 0 Å². The van der Waals surface area contributed by atoms with E-state index in [-0.39, 0.29) is 0 Å². The third-order valence-corrected chi connectivity index (χ3v) is 2.79. The molecule has 13 heavy (non-hydrogen) atoms. The number of hydrogen-bond donors (Lipinski definition) is 4. The molecule has 0 amide bonds. The van der Waals surface area contributed by atoms with Crippen LogP contribution in [0.15, 0.2) is 5.16 Å². The number of nitrogens with zero attached hydrogens (tertiary/aromatic N) is 1. The summed E-state index contributed by atoms with van der Waals surface area (Å²) in [7, 11) is 0. The Morgan fingerprint density at radius 1 is 1.31 bits per heavy atom. The van der Waals surface area contributed by atoms with Crippen molar-refractivity contribution in [3.63, 3.8) is 0 Å². The minimum atomic E-state index is -1.22. The van der Waals surface area contributed by atoms with Crippen LogP contribution in [0.3, 0.4) is 0 Å². The van der Waals surface area contributed by atoms with Crippen LogP contribution in [0.2, 0.25) is 0 Å². The van der Waals surface area contributed by atoms with Crippen molar-refractivity contribution in [2.45, 2.75) is 38.1 Å². The first kappa shape index (κ1) is 10.4. The van der Waals surface area contributed by atoms with Gasteiger partial charge in [-0.1, -0.05) is 5.16 Å². The fourth-order valence-electron chi connectivity index (χ4n) is 1.59. The van der Waals surface area contributed by atoms with Gasteiger partial charge in [0.25, 0.3) is 0 Å². The molecule has 5 heteroatoms. The molecule has 1 rings (SSSR count). The van der Waals surface area contributed by atoms with E-state index in [0.29, 0.717) is 12.8 Å². The van der Waals surface area contributed by atoms with E-state index in [1.807, 2.05) is 0 Å². The Labute approximate surface area is 76.3 Å². The van der Waals surface area contributed by atoms with Gasteiger partial charge < -0.3 is 20.5 Å². The fourth-order valence-corrected chi connectivity index (χ4v) is 1.59. The van der Waals surface area contributed by atoms with Crippen molar-refractivity contribution in [2.75, 3.05) is 0 Å². The number of aliphatic hydroxyl groups is 3. The molecule has 0 aliphatic heterocycles. The fraction of sp³-hybridized carbons (Fsp3) is 0.875. The Hall–Kier alpha value is -0.650. The summed E-state index contributed by atoms with van der Waals surface area (Å²) < 4.78 is 0. The molecule has 0 aromatic rings. The van der Waals surface area contributed by atoms with Gasteiger partial charge in [0.2, 0.25) is 0 Å². The molecule has 0 aromatic carbocycles. The topological polar surface area (TPSA) is 93.3 Å². The van der Waals surface area contributed by atoms with Gasteiger partial charge in [-0.25, -0.2) is 0 Å². The molecule has 1 saturated carbocycles. The quantitative estimate of drug-likeness (QED) is 0.268. The van der Waals surface area contributed by atoms with E-state index >= 15 is 0 Å². The van der Waals surface area contributed by atoms with Gasteiger partial charge in [-0.05, 0) is 19.8 Å². The molecule has 0 bridgehead atoms. The largest absolute Gasteiger partial charge is 0.411 e. The van der Waals surface area contributed by atoms with Crippen molar-refractivity contribution < 1.29 is 20.5 Å². The third-order valence-electron chi connectivity index (χ3n) is 2.79. The van der Waals surface area contributed by atoms with Gasteiger partial charge in [0.15, 0.2) is 0 Å². The predicted octanol–water partition coefficient (Wildman–Crippen LogP) is -0.671. The van der Waals surface area contributed by atoms with Gasteiger partial charge in [-0.3, -0.25) is 0 Å². The molecule has 0 unspecified atom stereocenters. The summed E-state index contributed by atoms with van der Waals surface area (Å²) >= 11 is 0. The number of oxime groups is 1. The second-order valence-electron chi connectivity index (χ2n) is 3.61. The Balaban J connectivity index is 2.61. The standard InChI is InChI=1S/C8H15NO4/c1-5(10)8(2-3-8)7(12)6(11)4-9-13/h4-7,10-13H,2-3H2,1H3/b9-4+/t5-,6+,7-/m1/s1. The Bertz CT molecular complexity index is 200. The molecule has 5 nitrogen and oxygen atoms in total. The summed E-state index contributed by atoms with van der Waals surface area (Å²) in [5, 5.41) is 39.0. The highest BCUT2D eigenvalue weighted by Crippen LogP contribution is 2.52. The van der Waals surface area contributed by atoms with E-state index in [4.69, 9.17) is 5.21 Å². The molecule has 1 aliphatic carbocycles. The van der Waals surface area contributed by atoms with Crippen molar-refractivity contribution in [1.82, 2.24) is 0 Å². The van der Waals surface area contributed by atoms with Gasteiger partial charge in [-0.15, -0.1) is 0 Å². The second kappa shape index (κ2) is 3.61. The summed E-state index contributed by atoms with van der Waals surface area (Å²) in [6.07, 6.45) is -0.730. The third kappa shape index (κ3) is 1.82. The van der Waals surface area contributed by atoms with Crippen LogP contribution in [0.1, 0.15) is 19.8 Å². The van der Waals surface area contributed by atoms with Crippen molar-refractivity contribution in [3.05, 3.63) is 0 Å². The molecular formula is C8H15NO4. The van der Waals surface area contributed by atoms with E-state index in [1.165, 1.54) is 0 Å². The molecule has 0 spiro atoms. The van der Waals surface area contributed by atoms with Gasteiger partial charge in [0.1, 0.15) is 6.10 Å². The SMILES string of the molecule is C[C@@H](O)C1([C@H](O)[C@@H](O)/C=N/O)CC1. The van der Waals surface area contributed by atoms with Crippen LogP contribution >= 0.6 is 0 Å². The first-order valence-corrected chi connectivity index (χ1v) is 4.26. The highest BCUT2D eigenvalue weighted by molar-refractivity contribution is 5.63. The Morgan fingerprint density at radius 3 is 2.15 bits per heavy atom. The highest BCUT2D eigenvalue weighted by Gasteiger charge is 2.54. The van der Waals surface area contributed by atoms with Crippen LogP contribution in [-0.4, -0.2) is 45.1 Å². The predicted molar refractivity (Wildman–Crippen MR) is 45.6 cm³/mol. The van der Waals surface area contributed by atoms with Crippen LogP contribution in [0.25, 0.3) is 0 Å². The summed E-state index contributed by atoms with van der Waals surface area (Å²) in [6.45, 7) is 1.58. The lowest BCUT2D eigenvalue weighted by atomic mass is 9.90. The summed E-state index contributed by atoms with van der Waals surface area (Å²) in [5.41, 5.74) is -0.611. The van der Waals surface area contributed by atoms with E-state index in [9.17, 15) is 15.3 Å². The summed E-state index contributed by atoms with van der Waals surface area (Å²) in [5.74, 6) is 0. The van der Waals surface area contributed by atoms with Crippen LogP contribution in [0.4, 0.5) is 0 Å². The minimum absolute atomic E-state index is 0.611. The van der Waals surface area contributed by atoms with Crippen molar-refractivity contribution in [1.29, 1.82) is 0 Å². The maximum Gasteiger partial charge on any atom is 0.119 e. The second-order valence-corrected chi connectivity index (χ2v) is 3.61. The summed E-state index contributed by atoms with van der Waals surface area (Å²) in [6, 6.07) is 0. The zero-order valence-corrected chi connectivity index (χ0v) is 7.46. The van der Waals surface area contributed by atoms with Gasteiger partial charge in [0, 0.05) is 5.41 Å². The summed E-state index contributed by atoms with van der Waals surface area (Å²) in [4.78, 5) is 0. The van der Waals surface area contributed by atoms with E-state index < -0.39 is 23.7 Å². The number of rotatable bonds is 4. The van der Waals surface area contributed by atoms with E-state index in [0.717, 1.165) is 6.21 Å². The molecule has 76 valence electrons. The average molecular weight is 189 g/mol.